The van der Waals surface area contributed by atoms with Gasteiger partial charge in [-0.3, -0.25) is 0 Å². The summed E-state index contributed by atoms with van der Waals surface area (Å²) in [6.45, 7) is 3.94. The van der Waals surface area contributed by atoms with Crippen LogP contribution >= 0.6 is 11.8 Å². The van der Waals surface area contributed by atoms with Crippen molar-refractivity contribution in [3.63, 3.8) is 0 Å². The van der Waals surface area contributed by atoms with E-state index in [2.05, 4.69) is 22.1 Å². The molecule has 2 aromatic carbocycles. The Bertz CT molecular complexity index is 883. The van der Waals surface area contributed by atoms with Crippen LogP contribution in [0.4, 0.5) is 0 Å². The lowest BCUT2D eigenvalue weighted by molar-refractivity contribution is 0.0520. The van der Waals surface area contributed by atoms with E-state index in [4.69, 9.17) is 4.74 Å². The summed E-state index contributed by atoms with van der Waals surface area (Å²) in [5, 5.41) is 0.652. The lowest BCUT2D eigenvalue weighted by Crippen LogP contribution is -2.12. The minimum atomic E-state index is -0.375. The summed E-state index contributed by atoms with van der Waals surface area (Å²) in [7, 11) is 0. The number of hydrogen-bond acceptors (Lipinski definition) is 5. The van der Waals surface area contributed by atoms with Crippen LogP contribution in [0.15, 0.2) is 65.7 Å². The van der Waals surface area contributed by atoms with Gasteiger partial charge in [0.1, 0.15) is 10.6 Å². The quantitative estimate of drug-likeness (QED) is 0.353. The van der Waals surface area contributed by atoms with Gasteiger partial charge < -0.3 is 4.74 Å². The number of rotatable bonds is 6. The molecule has 0 radical (unpaired) electrons. The Labute approximate surface area is 157 Å². The highest BCUT2D eigenvalue weighted by Gasteiger charge is 2.20. The lowest BCUT2D eigenvalue weighted by Gasteiger charge is -2.12. The molecule has 4 nitrogen and oxygen atoms in total. The van der Waals surface area contributed by atoms with E-state index in [1.807, 2.05) is 55.5 Å². The first kappa shape index (κ1) is 18.1. The molecule has 3 rings (SSSR count). The van der Waals surface area contributed by atoms with Crippen molar-refractivity contribution in [3.05, 3.63) is 77.5 Å². The van der Waals surface area contributed by atoms with Gasteiger partial charge >= 0.3 is 5.97 Å². The van der Waals surface area contributed by atoms with Gasteiger partial charge in [0, 0.05) is 11.3 Å². The zero-order chi connectivity index (χ0) is 18.4. The molecule has 3 aromatic rings. The van der Waals surface area contributed by atoms with Crippen molar-refractivity contribution in [3.8, 4) is 11.4 Å². The average molecular weight is 364 g/mol. The van der Waals surface area contributed by atoms with Gasteiger partial charge in [0.2, 0.25) is 0 Å². The molecule has 26 heavy (non-hydrogen) atoms. The summed E-state index contributed by atoms with van der Waals surface area (Å²) in [5.74, 6) is 0.963. The highest BCUT2D eigenvalue weighted by molar-refractivity contribution is 7.98. The van der Waals surface area contributed by atoms with Crippen LogP contribution in [0, 0.1) is 6.92 Å². The predicted molar refractivity (Wildman–Crippen MR) is 104 cm³/mol. The van der Waals surface area contributed by atoms with Gasteiger partial charge in [0.25, 0.3) is 0 Å². The molecule has 0 aliphatic rings. The number of carbonyl (C=O) groups excluding carboxylic acids is 1. The standard InChI is InChI=1S/C21H20N2O2S/c1-3-25-21(24)18-15(2)22-19(17-12-8-5-9-13-17)23-20(18)26-14-16-10-6-4-7-11-16/h4-13H,3,14H2,1-2H3. The molecule has 1 aromatic heterocycles. The first-order valence-corrected chi connectivity index (χ1v) is 9.45. The first-order chi connectivity index (χ1) is 12.7. The van der Waals surface area contributed by atoms with Gasteiger partial charge in [0.15, 0.2) is 5.82 Å². The number of carbonyl (C=O) groups is 1. The Morgan fingerprint density at radius 2 is 1.65 bits per heavy atom. The Kier molecular flexibility index (Phi) is 6.02. The monoisotopic (exact) mass is 364 g/mol. The fraction of sp³-hybridized carbons (Fsp3) is 0.190. The number of aryl methyl sites for hydroxylation is 1. The second kappa shape index (κ2) is 8.63. The van der Waals surface area contributed by atoms with Gasteiger partial charge in [0.05, 0.1) is 12.3 Å². The third kappa shape index (κ3) is 4.29. The second-order valence-electron chi connectivity index (χ2n) is 5.67. The number of ether oxygens (including phenoxy) is 1. The zero-order valence-electron chi connectivity index (χ0n) is 14.8. The molecule has 1 heterocycles. The summed E-state index contributed by atoms with van der Waals surface area (Å²) < 4.78 is 5.21. The van der Waals surface area contributed by atoms with E-state index in [0.717, 1.165) is 11.3 Å². The van der Waals surface area contributed by atoms with Crippen LogP contribution in [-0.2, 0) is 10.5 Å². The lowest BCUT2D eigenvalue weighted by atomic mass is 10.2. The van der Waals surface area contributed by atoms with Crippen LogP contribution in [0.2, 0.25) is 0 Å². The summed E-state index contributed by atoms with van der Waals surface area (Å²) in [4.78, 5) is 21.6. The van der Waals surface area contributed by atoms with Crippen LogP contribution in [0.3, 0.4) is 0 Å². The van der Waals surface area contributed by atoms with Gasteiger partial charge in [-0.05, 0) is 19.4 Å². The molecule has 0 atom stereocenters. The number of hydrogen-bond donors (Lipinski definition) is 0. The van der Waals surface area contributed by atoms with Crippen LogP contribution in [0.25, 0.3) is 11.4 Å². The molecule has 0 aliphatic heterocycles. The normalized spacial score (nSPS) is 10.5. The number of aromatic nitrogens is 2. The summed E-state index contributed by atoms with van der Waals surface area (Å²) in [5.41, 5.74) is 3.18. The summed E-state index contributed by atoms with van der Waals surface area (Å²) in [6, 6.07) is 19.9. The van der Waals surface area contributed by atoms with Crippen LogP contribution < -0.4 is 0 Å². The van der Waals surface area contributed by atoms with Crippen molar-refractivity contribution in [1.82, 2.24) is 9.97 Å². The van der Waals surface area contributed by atoms with Crippen molar-refractivity contribution >= 4 is 17.7 Å². The maximum absolute atomic E-state index is 12.4. The van der Waals surface area contributed by atoms with E-state index in [1.54, 1.807) is 6.92 Å². The maximum atomic E-state index is 12.4. The van der Waals surface area contributed by atoms with Crippen molar-refractivity contribution < 1.29 is 9.53 Å². The molecule has 0 unspecified atom stereocenters. The Balaban J connectivity index is 1.99. The van der Waals surface area contributed by atoms with Gasteiger partial charge in [-0.25, -0.2) is 14.8 Å². The molecule has 0 N–H and O–H groups in total. The molecule has 0 bridgehead atoms. The minimum Gasteiger partial charge on any atom is -0.462 e. The van der Waals surface area contributed by atoms with Crippen molar-refractivity contribution in [2.24, 2.45) is 0 Å². The Morgan fingerprint density at radius 3 is 2.31 bits per heavy atom. The van der Waals surface area contributed by atoms with Gasteiger partial charge in [-0.1, -0.05) is 60.7 Å². The van der Waals surface area contributed by atoms with E-state index >= 15 is 0 Å². The highest BCUT2D eigenvalue weighted by Crippen LogP contribution is 2.29. The molecule has 0 fully saturated rings. The van der Waals surface area contributed by atoms with Gasteiger partial charge in [-0.15, -0.1) is 11.8 Å². The minimum absolute atomic E-state index is 0.321. The number of esters is 1. The SMILES string of the molecule is CCOC(=O)c1c(C)nc(-c2ccccc2)nc1SCc1ccccc1. The van der Waals surface area contributed by atoms with Crippen LogP contribution in [-0.4, -0.2) is 22.5 Å². The highest BCUT2D eigenvalue weighted by atomic mass is 32.2. The van der Waals surface area contributed by atoms with E-state index < -0.39 is 0 Å². The third-order valence-electron chi connectivity index (χ3n) is 3.79. The Morgan fingerprint density at radius 1 is 1.00 bits per heavy atom. The molecule has 0 amide bonds. The van der Waals surface area contributed by atoms with Gasteiger partial charge in [-0.2, -0.15) is 0 Å². The number of nitrogens with zero attached hydrogens (tertiary/aromatic N) is 2. The smallest absolute Gasteiger partial charge is 0.342 e. The first-order valence-electron chi connectivity index (χ1n) is 8.47. The molecule has 0 saturated carbocycles. The molecule has 0 saturated heterocycles. The van der Waals surface area contributed by atoms with E-state index in [0.29, 0.717) is 28.7 Å². The fourth-order valence-electron chi connectivity index (χ4n) is 2.53. The summed E-state index contributed by atoms with van der Waals surface area (Å²) >= 11 is 1.53. The van der Waals surface area contributed by atoms with E-state index in [9.17, 15) is 4.79 Å². The zero-order valence-corrected chi connectivity index (χ0v) is 15.6. The topological polar surface area (TPSA) is 52.1 Å². The second-order valence-corrected chi connectivity index (χ2v) is 6.64. The van der Waals surface area contributed by atoms with Crippen LogP contribution in [0.5, 0.6) is 0 Å². The summed E-state index contributed by atoms with van der Waals surface area (Å²) in [6.07, 6.45) is 0. The largest absolute Gasteiger partial charge is 0.462 e. The molecular weight excluding hydrogens is 344 g/mol. The predicted octanol–water partition coefficient (Wildman–Crippen LogP) is 4.92. The van der Waals surface area contributed by atoms with Crippen molar-refractivity contribution in [2.45, 2.75) is 24.6 Å². The average Bonchev–Trinajstić information content (AvgIpc) is 2.67. The molecule has 132 valence electrons. The van der Waals surface area contributed by atoms with E-state index in [1.165, 1.54) is 17.3 Å². The van der Waals surface area contributed by atoms with Crippen molar-refractivity contribution in [1.29, 1.82) is 0 Å². The number of thioether (sulfide) groups is 1. The van der Waals surface area contributed by atoms with E-state index in [-0.39, 0.29) is 5.97 Å². The Hall–Kier alpha value is -2.66. The van der Waals surface area contributed by atoms with Crippen molar-refractivity contribution in [2.75, 3.05) is 6.61 Å². The molecule has 0 spiro atoms. The molecule has 5 heteroatoms. The molecule has 0 aliphatic carbocycles. The fourth-order valence-corrected chi connectivity index (χ4v) is 3.55. The maximum Gasteiger partial charge on any atom is 0.342 e. The molecular formula is C21H20N2O2S. The van der Waals surface area contributed by atoms with Crippen LogP contribution in [0.1, 0.15) is 28.5 Å². The number of benzene rings is 2. The third-order valence-corrected chi connectivity index (χ3v) is 4.83.